The van der Waals surface area contributed by atoms with Gasteiger partial charge in [-0.2, -0.15) is 0 Å². The van der Waals surface area contributed by atoms with E-state index < -0.39 is 0 Å². The lowest BCUT2D eigenvalue weighted by atomic mass is 10.1. The summed E-state index contributed by atoms with van der Waals surface area (Å²) in [6.45, 7) is 7.16. The van der Waals surface area contributed by atoms with Crippen LogP contribution in [0.5, 0.6) is 0 Å². The fourth-order valence-electron chi connectivity index (χ4n) is 1.99. The smallest absolute Gasteiger partial charge is 0.124 e. The fraction of sp³-hybridized carbons (Fsp3) is 0.533. The molecule has 0 bridgehead atoms. The Kier molecular flexibility index (Phi) is 6.56. The summed E-state index contributed by atoms with van der Waals surface area (Å²) < 4.78 is 0. The molecule has 0 radical (unpaired) electrons. The zero-order valence-electron chi connectivity index (χ0n) is 10.9. The predicted octanol–water partition coefficient (Wildman–Crippen LogP) is 2.78. The van der Waals surface area contributed by atoms with Crippen LogP contribution in [-0.4, -0.2) is 30.8 Å². The monoisotopic (exact) mass is 233 g/mol. The van der Waals surface area contributed by atoms with Crippen molar-refractivity contribution in [3.05, 3.63) is 35.9 Å². The lowest BCUT2D eigenvalue weighted by molar-refractivity contribution is -0.111. The largest absolute Gasteiger partial charge is 0.303 e. The molecule has 0 aliphatic heterocycles. The predicted molar refractivity (Wildman–Crippen MR) is 72.1 cm³/mol. The minimum Gasteiger partial charge on any atom is -0.303 e. The maximum absolute atomic E-state index is 10.7. The van der Waals surface area contributed by atoms with Crippen LogP contribution in [-0.2, 0) is 11.2 Å². The summed E-state index contributed by atoms with van der Waals surface area (Å²) in [7, 11) is 0. The Morgan fingerprint density at radius 2 is 1.94 bits per heavy atom. The normalized spacial score (nSPS) is 12.6. The second-order valence-electron chi connectivity index (χ2n) is 4.65. The zero-order valence-corrected chi connectivity index (χ0v) is 10.9. The first-order valence-corrected chi connectivity index (χ1v) is 6.47. The second kappa shape index (κ2) is 8.02. The van der Waals surface area contributed by atoms with Crippen molar-refractivity contribution in [3.63, 3.8) is 0 Å². The molecule has 17 heavy (non-hydrogen) atoms. The summed E-state index contributed by atoms with van der Waals surface area (Å²) >= 11 is 0. The number of hydrogen-bond donors (Lipinski definition) is 0. The van der Waals surface area contributed by atoms with Crippen molar-refractivity contribution in [1.29, 1.82) is 0 Å². The van der Waals surface area contributed by atoms with Gasteiger partial charge < -0.3 is 9.69 Å². The van der Waals surface area contributed by atoms with Crippen LogP contribution in [0, 0.1) is 5.92 Å². The van der Waals surface area contributed by atoms with E-state index in [-0.39, 0.29) is 5.92 Å². The van der Waals surface area contributed by atoms with Gasteiger partial charge in [-0.05, 0) is 24.9 Å². The first-order valence-electron chi connectivity index (χ1n) is 6.47. The Morgan fingerprint density at radius 3 is 2.53 bits per heavy atom. The van der Waals surface area contributed by atoms with E-state index in [2.05, 4.69) is 36.1 Å². The Bertz CT molecular complexity index is 310. The van der Waals surface area contributed by atoms with Crippen molar-refractivity contribution < 1.29 is 4.79 Å². The molecule has 1 aromatic rings. The van der Waals surface area contributed by atoms with E-state index in [1.54, 1.807) is 0 Å². The highest BCUT2D eigenvalue weighted by Gasteiger charge is 2.08. The Hall–Kier alpha value is -1.15. The summed E-state index contributed by atoms with van der Waals surface area (Å²) in [5, 5.41) is 0. The topological polar surface area (TPSA) is 20.3 Å². The zero-order chi connectivity index (χ0) is 12.5. The highest BCUT2D eigenvalue weighted by Crippen LogP contribution is 2.04. The lowest BCUT2D eigenvalue weighted by Gasteiger charge is -2.23. The van der Waals surface area contributed by atoms with Gasteiger partial charge in [-0.15, -0.1) is 0 Å². The number of nitrogens with zero attached hydrogens (tertiary/aromatic N) is 1. The third-order valence-electron chi connectivity index (χ3n) is 2.88. The number of benzene rings is 1. The van der Waals surface area contributed by atoms with E-state index in [0.717, 1.165) is 38.8 Å². The molecule has 0 aliphatic rings. The molecule has 1 atom stereocenters. The van der Waals surface area contributed by atoms with Crippen LogP contribution < -0.4 is 0 Å². The van der Waals surface area contributed by atoms with Gasteiger partial charge in [0.2, 0.25) is 0 Å². The molecule has 1 unspecified atom stereocenters. The molecule has 0 fully saturated rings. The summed E-state index contributed by atoms with van der Waals surface area (Å²) in [6.07, 6.45) is 3.25. The van der Waals surface area contributed by atoms with Crippen LogP contribution in [0.15, 0.2) is 30.3 Å². The van der Waals surface area contributed by atoms with E-state index in [1.165, 1.54) is 5.56 Å². The third-order valence-corrected chi connectivity index (χ3v) is 2.88. The first-order chi connectivity index (χ1) is 8.26. The molecule has 0 N–H and O–H groups in total. The number of carbonyl (C=O) groups is 1. The molecule has 2 nitrogen and oxygen atoms in total. The Labute approximate surface area is 105 Å². The molecule has 0 heterocycles. The lowest BCUT2D eigenvalue weighted by Crippen LogP contribution is -2.31. The van der Waals surface area contributed by atoms with E-state index in [4.69, 9.17) is 0 Å². The molecular weight excluding hydrogens is 210 g/mol. The van der Waals surface area contributed by atoms with Crippen molar-refractivity contribution in [2.75, 3.05) is 19.6 Å². The minimum absolute atomic E-state index is 0.136. The van der Waals surface area contributed by atoms with Gasteiger partial charge in [0, 0.05) is 19.0 Å². The number of hydrogen-bond acceptors (Lipinski definition) is 2. The van der Waals surface area contributed by atoms with Gasteiger partial charge >= 0.3 is 0 Å². The second-order valence-corrected chi connectivity index (χ2v) is 4.65. The summed E-state index contributed by atoms with van der Waals surface area (Å²) in [4.78, 5) is 13.1. The molecule has 0 saturated carbocycles. The van der Waals surface area contributed by atoms with Crippen molar-refractivity contribution in [2.24, 2.45) is 5.92 Å². The van der Waals surface area contributed by atoms with Gasteiger partial charge in [0.15, 0.2) is 0 Å². The number of rotatable bonds is 8. The number of aldehydes is 1. The van der Waals surface area contributed by atoms with E-state index in [1.807, 2.05) is 13.0 Å². The SMILES string of the molecule is CCCN(CCc1ccccc1)CC(C)C=O. The van der Waals surface area contributed by atoms with Crippen LogP contribution in [0.3, 0.4) is 0 Å². The van der Waals surface area contributed by atoms with E-state index >= 15 is 0 Å². The van der Waals surface area contributed by atoms with Crippen LogP contribution in [0.25, 0.3) is 0 Å². The summed E-state index contributed by atoms with van der Waals surface area (Å²) in [5.74, 6) is 0.136. The van der Waals surface area contributed by atoms with Crippen molar-refractivity contribution in [1.82, 2.24) is 4.90 Å². The highest BCUT2D eigenvalue weighted by atomic mass is 16.1. The summed E-state index contributed by atoms with van der Waals surface area (Å²) in [6, 6.07) is 10.5. The average molecular weight is 233 g/mol. The standard InChI is InChI=1S/C15H23NO/c1-3-10-16(12-14(2)13-17)11-9-15-7-5-4-6-8-15/h4-8,13-14H,3,9-12H2,1-2H3. The van der Waals surface area contributed by atoms with E-state index in [9.17, 15) is 4.79 Å². The molecule has 0 amide bonds. The van der Waals surface area contributed by atoms with Crippen molar-refractivity contribution in [2.45, 2.75) is 26.7 Å². The van der Waals surface area contributed by atoms with E-state index in [0.29, 0.717) is 0 Å². The molecular formula is C15H23NO. The van der Waals surface area contributed by atoms with Crippen LogP contribution in [0.4, 0.5) is 0 Å². The van der Waals surface area contributed by atoms with Gasteiger partial charge in [-0.3, -0.25) is 0 Å². The fourth-order valence-corrected chi connectivity index (χ4v) is 1.99. The van der Waals surface area contributed by atoms with Gasteiger partial charge in [0.1, 0.15) is 6.29 Å². The van der Waals surface area contributed by atoms with Gasteiger partial charge in [0.05, 0.1) is 0 Å². The van der Waals surface area contributed by atoms with Gasteiger partial charge in [0.25, 0.3) is 0 Å². The van der Waals surface area contributed by atoms with Crippen molar-refractivity contribution >= 4 is 6.29 Å². The molecule has 1 rings (SSSR count). The quantitative estimate of drug-likeness (QED) is 0.643. The Balaban J connectivity index is 2.41. The third kappa shape index (κ3) is 5.64. The summed E-state index contributed by atoms with van der Waals surface area (Å²) in [5.41, 5.74) is 1.37. The van der Waals surface area contributed by atoms with Crippen LogP contribution in [0.2, 0.25) is 0 Å². The van der Waals surface area contributed by atoms with Crippen molar-refractivity contribution in [3.8, 4) is 0 Å². The Morgan fingerprint density at radius 1 is 1.24 bits per heavy atom. The van der Waals surface area contributed by atoms with Crippen LogP contribution >= 0.6 is 0 Å². The number of carbonyl (C=O) groups excluding carboxylic acids is 1. The maximum Gasteiger partial charge on any atom is 0.124 e. The molecule has 0 aliphatic carbocycles. The molecule has 0 aromatic heterocycles. The molecule has 1 aromatic carbocycles. The molecule has 0 spiro atoms. The maximum atomic E-state index is 10.7. The molecule has 0 saturated heterocycles. The molecule has 2 heteroatoms. The highest BCUT2D eigenvalue weighted by molar-refractivity contribution is 5.52. The first kappa shape index (κ1) is 13.9. The average Bonchev–Trinajstić information content (AvgIpc) is 2.37. The van der Waals surface area contributed by atoms with Gasteiger partial charge in [-0.1, -0.05) is 44.2 Å². The minimum atomic E-state index is 0.136. The molecule has 94 valence electrons. The van der Waals surface area contributed by atoms with Gasteiger partial charge in [-0.25, -0.2) is 0 Å². The van der Waals surface area contributed by atoms with Crippen LogP contribution in [0.1, 0.15) is 25.8 Å².